The quantitative estimate of drug-likeness (QED) is 0.861. The van der Waals surface area contributed by atoms with Crippen LogP contribution in [0, 0.1) is 5.92 Å². The van der Waals surface area contributed by atoms with Crippen molar-refractivity contribution in [3.63, 3.8) is 0 Å². The second-order valence-electron chi connectivity index (χ2n) is 5.52. The molecule has 0 aromatic heterocycles. The third-order valence-electron chi connectivity index (χ3n) is 3.94. The largest absolute Gasteiger partial charge is 0.497 e. The van der Waals surface area contributed by atoms with Crippen LogP contribution >= 0.6 is 0 Å². The van der Waals surface area contributed by atoms with Gasteiger partial charge in [-0.2, -0.15) is 0 Å². The van der Waals surface area contributed by atoms with Crippen molar-refractivity contribution in [2.45, 2.75) is 45.1 Å². The Balaban J connectivity index is 1.70. The van der Waals surface area contributed by atoms with E-state index in [0.717, 1.165) is 30.7 Å². The van der Waals surface area contributed by atoms with Gasteiger partial charge in [0.05, 0.1) is 7.11 Å². The Hall–Kier alpha value is -1.02. The summed E-state index contributed by atoms with van der Waals surface area (Å²) in [6, 6.07) is 9.14. The van der Waals surface area contributed by atoms with Crippen LogP contribution in [0.25, 0.3) is 0 Å². The Morgan fingerprint density at radius 1 is 1.22 bits per heavy atom. The van der Waals surface area contributed by atoms with Gasteiger partial charge in [-0.05, 0) is 49.4 Å². The van der Waals surface area contributed by atoms with E-state index in [1.165, 1.54) is 31.2 Å². The first-order valence-corrected chi connectivity index (χ1v) is 7.14. The van der Waals surface area contributed by atoms with Gasteiger partial charge in [-0.3, -0.25) is 0 Å². The lowest BCUT2D eigenvalue weighted by molar-refractivity contribution is 0.303. The van der Waals surface area contributed by atoms with Crippen molar-refractivity contribution in [1.82, 2.24) is 5.32 Å². The van der Waals surface area contributed by atoms with Crippen LogP contribution in [0.2, 0.25) is 0 Å². The van der Waals surface area contributed by atoms with Crippen LogP contribution < -0.4 is 10.1 Å². The molecular formula is C16H25NO. The van der Waals surface area contributed by atoms with Crippen molar-refractivity contribution >= 4 is 0 Å². The molecule has 0 unspecified atom stereocenters. The van der Waals surface area contributed by atoms with Crippen LogP contribution in [0.3, 0.4) is 0 Å². The second kappa shape index (κ2) is 6.79. The van der Waals surface area contributed by atoms with Gasteiger partial charge in [0, 0.05) is 6.04 Å². The van der Waals surface area contributed by atoms with E-state index in [4.69, 9.17) is 4.74 Å². The number of nitrogens with one attached hydrogen (secondary N) is 1. The van der Waals surface area contributed by atoms with Gasteiger partial charge < -0.3 is 10.1 Å². The third-order valence-corrected chi connectivity index (χ3v) is 3.94. The van der Waals surface area contributed by atoms with Gasteiger partial charge in [-0.1, -0.05) is 31.9 Å². The zero-order valence-electron chi connectivity index (χ0n) is 11.6. The second-order valence-corrected chi connectivity index (χ2v) is 5.52. The van der Waals surface area contributed by atoms with Crippen molar-refractivity contribution < 1.29 is 4.74 Å². The maximum Gasteiger partial charge on any atom is 0.118 e. The number of hydrogen-bond donors (Lipinski definition) is 1. The summed E-state index contributed by atoms with van der Waals surface area (Å²) in [6.07, 6.45) is 6.61. The molecular weight excluding hydrogens is 222 g/mol. The third kappa shape index (κ3) is 4.02. The predicted octanol–water partition coefficient (Wildman–Crippen LogP) is 3.41. The Bertz CT molecular complexity index is 347. The summed E-state index contributed by atoms with van der Waals surface area (Å²) < 4.78 is 5.16. The monoisotopic (exact) mass is 247 g/mol. The van der Waals surface area contributed by atoms with Gasteiger partial charge in [0.15, 0.2) is 0 Å². The maximum absolute atomic E-state index is 5.16. The first kappa shape index (κ1) is 13.4. The predicted molar refractivity (Wildman–Crippen MR) is 76.1 cm³/mol. The molecule has 0 aliphatic heterocycles. The minimum atomic E-state index is 0.743. The molecule has 1 N–H and O–H groups in total. The number of benzene rings is 1. The van der Waals surface area contributed by atoms with E-state index >= 15 is 0 Å². The molecule has 0 amide bonds. The molecule has 1 fully saturated rings. The van der Waals surface area contributed by atoms with E-state index in [9.17, 15) is 0 Å². The molecule has 2 atom stereocenters. The highest BCUT2D eigenvalue weighted by molar-refractivity contribution is 5.27. The Morgan fingerprint density at radius 3 is 2.67 bits per heavy atom. The van der Waals surface area contributed by atoms with E-state index in [1.807, 2.05) is 12.1 Å². The maximum atomic E-state index is 5.16. The van der Waals surface area contributed by atoms with Gasteiger partial charge in [-0.15, -0.1) is 0 Å². The number of methoxy groups -OCH3 is 1. The van der Waals surface area contributed by atoms with Crippen LogP contribution in [-0.4, -0.2) is 19.7 Å². The molecule has 0 bridgehead atoms. The first-order valence-electron chi connectivity index (χ1n) is 7.14. The summed E-state index contributed by atoms with van der Waals surface area (Å²) in [6.45, 7) is 3.46. The fraction of sp³-hybridized carbons (Fsp3) is 0.625. The molecule has 1 aliphatic carbocycles. The lowest BCUT2D eigenvalue weighted by atomic mass is 9.87. The van der Waals surface area contributed by atoms with Gasteiger partial charge >= 0.3 is 0 Å². The van der Waals surface area contributed by atoms with E-state index in [0.29, 0.717) is 0 Å². The summed E-state index contributed by atoms with van der Waals surface area (Å²) in [5.74, 6) is 1.84. The normalized spacial score (nSPS) is 23.9. The number of ether oxygens (including phenoxy) is 1. The molecule has 1 saturated carbocycles. The summed E-state index contributed by atoms with van der Waals surface area (Å²) in [5, 5.41) is 3.70. The molecule has 1 aliphatic rings. The summed E-state index contributed by atoms with van der Waals surface area (Å²) in [4.78, 5) is 0. The van der Waals surface area contributed by atoms with Gasteiger partial charge in [0.1, 0.15) is 5.75 Å². The standard InChI is InChI=1S/C16H25NO/c1-13-4-3-5-15(12-13)17-11-10-14-6-8-16(18-2)9-7-14/h6-9,13,15,17H,3-5,10-12H2,1-2H3/t13-,15+/m1/s1. The molecule has 1 aromatic carbocycles. The zero-order chi connectivity index (χ0) is 12.8. The fourth-order valence-electron chi connectivity index (χ4n) is 2.83. The average molecular weight is 247 g/mol. The SMILES string of the molecule is COc1ccc(CCN[C@H]2CCC[C@@H](C)C2)cc1. The minimum absolute atomic E-state index is 0.743. The van der Waals surface area contributed by atoms with E-state index in [-0.39, 0.29) is 0 Å². The molecule has 2 rings (SSSR count). The Kier molecular flexibility index (Phi) is 5.06. The molecule has 0 spiro atoms. The van der Waals surface area contributed by atoms with Crippen LogP contribution in [0.1, 0.15) is 38.2 Å². The molecule has 18 heavy (non-hydrogen) atoms. The Morgan fingerprint density at radius 2 is 2.00 bits per heavy atom. The molecule has 100 valence electrons. The fourth-order valence-corrected chi connectivity index (χ4v) is 2.83. The number of rotatable bonds is 5. The van der Waals surface area contributed by atoms with Crippen LogP contribution in [0.15, 0.2) is 24.3 Å². The molecule has 0 radical (unpaired) electrons. The van der Waals surface area contributed by atoms with Crippen molar-refractivity contribution in [2.75, 3.05) is 13.7 Å². The van der Waals surface area contributed by atoms with Crippen LogP contribution in [0.5, 0.6) is 5.75 Å². The van der Waals surface area contributed by atoms with Gasteiger partial charge in [0.25, 0.3) is 0 Å². The topological polar surface area (TPSA) is 21.3 Å². The highest BCUT2D eigenvalue weighted by Gasteiger charge is 2.17. The summed E-state index contributed by atoms with van der Waals surface area (Å²) in [7, 11) is 1.71. The summed E-state index contributed by atoms with van der Waals surface area (Å²) >= 11 is 0. The molecule has 2 nitrogen and oxygen atoms in total. The first-order chi connectivity index (χ1) is 8.78. The van der Waals surface area contributed by atoms with Crippen molar-refractivity contribution in [2.24, 2.45) is 5.92 Å². The van der Waals surface area contributed by atoms with E-state index in [2.05, 4.69) is 24.4 Å². The van der Waals surface area contributed by atoms with Crippen LogP contribution in [-0.2, 0) is 6.42 Å². The summed E-state index contributed by atoms with van der Waals surface area (Å²) in [5.41, 5.74) is 1.38. The van der Waals surface area contributed by atoms with E-state index < -0.39 is 0 Å². The van der Waals surface area contributed by atoms with Crippen LogP contribution in [0.4, 0.5) is 0 Å². The lowest BCUT2D eigenvalue weighted by Crippen LogP contribution is -2.34. The van der Waals surface area contributed by atoms with E-state index in [1.54, 1.807) is 7.11 Å². The van der Waals surface area contributed by atoms with Crippen molar-refractivity contribution in [3.8, 4) is 5.75 Å². The molecule has 2 heteroatoms. The lowest BCUT2D eigenvalue weighted by Gasteiger charge is -2.27. The minimum Gasteiger partial charge on any atom is -0.497 e. The molecule has 0 heterocycles. The van der Waals surface area contributed by atoms with Gasteiger partial charge in [0.2, 0.25) is 0 Å². The molecule has 0 saturated heterocycles. The van der Waals surface area contributed by atoms with Crippen molar-refractivity contribution in [1.29, 1.82) is 0 Å². The van der Waals surface area contributed by atoms with Gasteiger partial charge in [-0.25, -0.2) is 0 Å². The number of hydrogen-bond acceptors (Lipinski definition) is 2. The zero-order valence-corrected chi connectivity index (χ0v) is 11.6. The highest BCUT2D eigenvalue weighted by atomic mass is 16.5. The Labute approximate surface area is 111 Å². The highest BCUT2D eigenvalue weighted by Crippen LogP contribution is 2.23. The average Bonchev–Trinajstić information content (AvgIpc) is 2.40. The smallest absolute Gasteiger partial charge is 0.118 e. The molecule has 1 aromatic rings. The van der Waals surface area contributed by atoms with Crippen molar-refractivity contribution in [3.05, 3.63) is 29.8 Å².